The molecule has 0 heterocycles. The van der Waals surface area contributed by atoms with Crippen molar-refractivity contribution in [2.45, 2.75) is 56.4 Å². The van der Waals surface area contributed by atoms with Crippen LogP contribution in [0.25, 0.3) is 11.1 Å². The number of ether oxygens (including phenoxy) is 1. The van der Waals surface area contributed by atoms with E-state index in [9.17, 15) is 14.7 Å². The van der Waals surface area contributed by atoms with E-state index in [1.54, 1.807) is 0 Å². The Morgan fingerprint density at radius 2 is 1.46 bits per heavy atom. The minimum Gasteiger partial charge on any atom is -0.480 e. The molecule has 35 heavy (non-hydrogen) atoms. The minimum atomic E-state index is -1.07. The van der Waals surface area contributed by atoms with E-state index in [-0.39, 0.29) is 18.9 Å². The fourth-order valence-electron chi connectivity index (χ4n) is 5.58. The molecule has 0 aromatic heterocycles. The average Bonchev–Trinajstić information content (AvgIpc) is 3.21. The van der Waals surface area contributed by atoms with Crippen LogP contribution in [0.15, 0.2) is 72.8 Å². The van der Waals surface area contributed by atoms with Crippen LogP contribution in [-0.4, -0.2) is 29.8 Å². The van der Waals surface area contributed by atoms with Gasteiger partial charge >= 0.3 is 12.1 Å². The monoisotopic (exact) mass is 469 g/mol. The van der Waals surface area contributed by atoms with Crippen LogP contribution in [0.1, 0.15) is 66.2 Å². The molecular formula is C30H31NO4. The van der Waals surface area contributed by atoms with E-state index in [0.29, 0.717) is 5.92 Å². The summed E-state index contributed by atoms with van der Waals surface area (Å²) in [5.41, 5.74) is 6.75. The Hall–Kier alpha value is -3.60. The largest absolute Gasteiger partial charge is 0.480 e. The first-order valence-electron chi connectivity index (χ1n) is 12.5. The molecule has 1 saturated carbocycles. The number of rotatable bonds is 7. The lowest BCUT2D eigenvalue weighted by Crippen LogP contribution is -2.42. The summed E-state index contributed by atoms with van der Waals surface area (Å²) < 4.78 is 5.54. The highest BCUT2D eigenvalue weighted by atomic mass is 16.5. The summed E-state index contributed by atoms with van der Waals surface area (Å²) in [6.07, 6.45) is 5.81. The van der Waals surface area contributed by atoms with E-state index >= 15 is 0 Å². The predicted octanol–water partition coefficient (Wildman–Crippen LogP) is 6.27. The van der Waals surface area contributed by atoms with Gasteiger partial charge in [0.15, 0.2) is 0 Å². The number of aliphatic carboxylic acids is 1. The molecule has 0 aliphatic heterocycles. The number of hydrogen-bond acceptors (Lipinski definition) is 3. The van der Waals surface area contributed by atoms with Crippen LogP contribution >= 0.6 is 0 Å². The smallest absolute Gasteiger partial charge is 0.407 e. The fourth-order valence-corrected chi connectivity index (χ4v) is 5.58. The van der Waals surface area contributed by atoms with Crippen LogP contribution in [0.2, 0.25) is 0 Å². The Labute approximate surface area is 206 Å². The highest BCUT2D eigenvalue weighted by Crippen LogP contribution is 2.44. The maximum absolute atomic E-state index is 12.6. The molecule has 1 unspecified atom stereocenters. The van der Waals surface area contributed by atoms with Crippen molar-refractivity contribution in [2.24, 2.45) is 0 Å². The lowest BCUT2D eigenvalue weighted by Gasteiger charge is -2.22. The zero-order chi connectivity index (χ0) is 24.2. The SMILES string of the molecule is O=C(NC(Cc1ccc(C2CCCCC2)cc1)C(=O)O)OCC1c2ccccc2-c2ccccc21. The van der Waals surface area contributed by atoms with Crippen molar-refractivity contribution < 1.29 is 19.4 Å². The van der Waals surface area contributed by atoms with Gasteiger partial charge in [-0.2, -0.15) is 0 Å². The Balaban J connectivity index is 1.20. The van der Waals surface area contributed by atoms with E-state index in [2.05, 4.69) is 41.7 Å². The van der Waals surface area contributed by atoms with Gasteiger partial charge < -0.3 is 15.2 Å². The Bertz CT molecular complexity index is 1150. The van der Waals surface area contributed by atoms with Crippen LogP contribution in [0.4, 0.5) is 4.79 Å². The van der Waals surface area contributed by atoms with Gasteiger partial charge in [-0.25, -0.2) is 9.59 Å². The molecular weight excluding hydrogens is 438 g/mol. The zero-order valence-corrected chi connectivity index (χ0v) is 19.8. The molecule has 5 heteroatoms. The molecule has 0 saturated heterocycles. The van der Waals surface area contributed by atoms with Crippen molar-refractivity contribution >= 4 is 12.1 Å². The summed E-state index contributed by atoms with van der Waals surface area (Å²) >= 11 is 0. The standard InChI is InChI=1S/C30H31NO4/c32-29(33)28(18-20-14-16-22(17-15-20)21-8-2-1-3-9-21)31-30(34)35-19-27-25-12-6-4-10-23(25)24-11-5-7-13-26(24)27/h4-7,10-17,21,27-28H,1-3,8-9,18-19H2,(H,31,34)(H,32,33). The van der Waals surface area contributed by atoms with E-state index < -0.39 is 18.1 Å². The van der Waals surface area contributed by atoms with E-state index in [1.807, 2.05) is 36.4 Å². The summed E-state index contributed by atoms with van der Waals surface area (Å²) in [6.45, 7) is 0.155. The number of carboxylic acids is 1. The van der Waals surface area contributed by atoms with Crippen molar-refractivity contribution in [2.75, 3.05) is 6.61 Å². The Kier molecular flexibility index (Phi) is 6.84. The zero-order valence-electron chi connectivity index (χ0n) is 19.8. The molecule has 3 aromatic carbocycles. The summed E-state index contributed by atoms with van der Waals surface area (Å²) in [5.74, 6) is -0.536. The van der Waals surface area contributed by atoms with E-state index in [4.69, 9.17) is 4.74 Å². The van der Waals surface area contributed by atoms with Gasteiger partial charge in [-0.1, -0.05) is 92.1 Å². The highest BCUT2D eigenvalue weighted by Gasteiger charge is 2.30. The molecule has 0 spiro atoms. The maximum Gasteiger partial charge on any atom is 0.407 e. The van der Waals surface area contributed by atoms with Crippen molar-refractivity contribution in [3.8, 4) is 11.1 Å². The van der Waals surface area contributed by atoms with Gasteiger partial charge in [-0.05, 0) is 52.1 Å². The lowest BCUT2D eigenvalue weighted by molar-refractivity contribution is -0.139. The number of fused-ring (bicyclic) bond motifs is 3. The number of carbonyl (C=O) groups excluding carboxylic acids is 1. The van der Waals surface area contributed by atoms with Crippen LogP contribution in [-0.2, 0) is 16.0 Å². The van der Waals surface area contributed by atoms with Crippen molar-refractivity contribution in [1.82, 2.24) is 5.32 Å². The van der Waals surface area contributed by atoms with Crippen LogP contribution in [0, 0.1) is 0 Å². The third-order valence-corrected chi connectivity index (χ3v) is 7.43. The van der Waals surface area contributed by atoms with Gasteiger partial charge in [0, 0.05) is 12.3 Å². The summed E-state index contributed by atoms with van der Waals surface area (Å²) in [4.78, 5) is 24.5. The number of hydrogen-bond donors (Lipinski definition) is 2. The summed E-state index contributed by atoms with van der Waals surface area (Å²) in [6, 6.07) is 23.4. The number of carboxylic acid groups (broad SMARTS) is 1. The molecule has 1 atom stereocenters. The molecule has 3 aromatic rings. The first kappa shape index (κ1) is 23.2. The van der Waals surface area contributed by atoms with Crippen molar-refractivity contribution in [3.05, 3.63) is 95.1 Å². The van der Waals surface area contributed by atoms with Gasteiger partial charge in [0.25, 0.3) is 0 Å². The number of nitrogens with one attached hydrogen (secondary N) is 1. The molecule has 2 aliphatic rings. The molecule has 0 radical (unpaired) electrons. The van der Waals surface area contributed by atoms with Gasteiger partial charge in [0.05, 0.1) is 0 Å². The molecule has 1 amide bonds. The normalized spacial score (nSPS) is 16.2. The third-order valence-electron chi connectivity index (χ3n) is 7.43. The molecule has 0 bridgehead atoms. The van der Waals surface area contributed by atoms with Crippen molar-refractivity contribution in [1.29, 1.82) is 0 Å². The molecule has 180 valence electrons. The number of benzene rings is 3. The van der Waals surface area contributed by atoms with Gasteiger partial charge in [-0.15, -0.1) is 0 Å². The second-order valence-electron chi connectivity index (χ2n) is 9.64. The van der Waals surface area contributed by atoms with Crippen LogP contribution in [0.3, 0.4) is 0 Å². The van der Waals surface area contributed by atoms with E-state index in [1.165, 1.54) is 37.7 Å². The second-order valence-corrected chi connectivity index (χ2v) is 9.64. The van der Waals surface area contributed by atoms with Crippen LogP contribution < -0.4 is 5.32 Å². The second kappa shape index (κ2) is 10.3. The molecule has 5 rings (SSSR count). The van der Waals surface area contributed by atoms with Crippen LogP contribution in [0.5, 0.6) is 0 Å². The minimum absolute atomic E-state index is 0.0660. The van der Waals surface area contributed by atoms with Gasteiger partial charge in [0.2, 0.25) is 0 Å². The maximum atomic E-state index is 12.6. The summed E-state index contributed by atoms with van der Waals surface area (Å²) in [7, 11) is 0. The first-order chi connectivity index (χ1) is 17.1. The average molecular weight is 470 g/mol. The quantitative estimate of drug-likeness (QED) is 0.428. The molecule has 1 fully saturated rings. The van der Waals surface area contributed by atoms with Crippen molar-refractivity contribution in [3.63, 3.8) is 0 Å². The lowest BCUT2D eigenvalue weighted by atomic mass is 9.84. The number of amides is 1. The molecule has 2 aliphatic carbocycles. The summed E-state index contributed by atoms with van der Waals surface area (Å²) in [5, 5.41) is 12.3. The fraction of sp³-hybridized carbons (Fsp3) is 0.333. The number of alkyl carbamates (subject to hydrolysis) is 1. The van der Waals surface area contributed by atoms with Gasteiger partial charge in [0.1, 0.15) is 12.6 Å². The topological polar surface area (TPSA) is 75.6 Å². The first-order valence-corrected chi connectivity index (χ1v) is 12.5. The van der Waals surface area contributed by atoms with Gasteiger partial charge in [-0.3, -0.25) is 0 Å². The Morgan fingerprint density at radius 1 is 0.857 bits per heavy atom. The Morgan fingerprint density at radius 3 is 2.06 bits per heavy atom. The number of carbonyl (C=O) groups is 2. The highest BCUT2D eigenvalue weighted by molar-refractivity contribution is 5.81. The molecule has 2 N–H and O–H groups in total. The third kappa shape index (κ3) is 5.09. The van der Waals surface area contributed by atoms with E-state index in [0.717, 1.165) is 27.8 Å². The predicted molar refractivity (Wildman–Crippen MR) is 136 cm³/mol. The molecule has 5 nitrogen and oxygen atoms in total.